The fourth-order valence-electron chi connectivity index (χ4n) is 1.87. The SMILES string of the molecule is CCOC(=O)CCC(NC(=O)c1coc(CCN)n1)C(=O)OCC. The van der Waals surface area contributed by atoms with Crippen LogP contribution in [0.1, 0.15) is 43.1 Å². The van der Waals surface area contributed by atoms with Crippen LogP contribution in [0.15, 0.2) is 10.7 Å². The van der Waals surface area contributed by atoms with Gasteiger partial charge in [-0.25, -0.2) is 9.78 Å². The number of nitrogens with two attached hydrogens (primary N) is 1. The smallest absolute Gasteiger partial charge is 0.328 e. The van der Waals surface area contributed by atoms with E-state index >= 15 is 0 Å². The number of hydrogen-bond donors (Lipinski definition) is 2. The number of oxazole rings is 1. The lowest BCUT2D eigenvalue weighted by Crippen LogP contribution is -2.42. The minimum absolute atomic E-state index is 0.0190. The maximum atomic E-state index is 12.2. The summed E-state index contributed by atoms with van der Waals surface area (Å²) in [5.41, 5.74) is 5.42. The lowest BCUT2D eigenvalue weighted by molar-refractivity contribution is -0.146. The molecule has 0 saturated carbocycles. The third-order valence-electron chi connectivity index (χ3n) is 2.96. The van der Waals surface area contributed by atoms with Crippen LogP contribution >= 0.6 is 0 Å². The van der Waals surface area contributed by atoms with Gasteiger partial charge >= 0.3 is 11.9 Å². The molecule has 0 saturated heterocycles. The third kappa shape index (κ3) is 6.37. The number of carbonyl (C=O) groups is 3. The van der Waals surface area contributed by atoms with Crippen LogP contribution in [0.2, 0.25) is 0 Å². The summed E-state index contributed by atoms with van der Waals surface area (Å²) in [6, 6.07) is -0.975. The Bertz CT molecular complexity index is 557. The molecule has 1 rings (SSSR count). The van der Waals surface area contributed by atoms with Gasteiger partial charge < -0.3 is 24.9 Å². The van der Waals surface area contributed by atoms with Crippen molar-refractivity contribution in [3.05, 3.63) is 17.8 Å². The molecule has 0 fully saturated rings. The van der Waals surface area contributed by atoms with E-state index in [9.17, 15) is 14.4 Å². The summed E-state index contributed by atoms with van der Waals surface area (Å²) in [4.78, 5) is 39.5. The van der Waals surface area contributed by atoms with Crippen LogP contribution in [-0.2, 0) is 25.5 Å². The predicted octanol–water partition coefficient (Wildman–Crippen LogP) is 0.181. The number of nitrogens with zero attached hydrogens (tertiary/aromatic N) is 1. The Balaban J connectivity index is 2.69. The molecule has 0 radical (unpaired) electrons. The Labute approximate surface area is 139 Å². The van der Waals surface area contributed by atoms with Crippen LogP contribution in [0.4, 0.5) is 0 Å². The van der Waals surface area contributed by atoms with Gasteiger partial charge in [-0.1, -0.05) is 0 Å². The van der Waals surface area contributed by atoms with Crippen LogP contribution in [0.25, 0.3) is 0 Å². The molecule has 24 heavy (non-hydrogen) atoms. The van der Waals surface area contributed by atoms with E-state index < -0.39 is 23.9 Å². The number of nitrogens with one attached hydrogen (secondary N) is 1. The van der Waals surface area contributed by atoms with E-state index in [1.54, 1.807) is 13.8 Å². The number of rotatable bonds is 10. The zero-order chi connectivity index (χ0) is 17.9. The normalized spacial score (nSPS) is 11.6. The van der Waals surface area contributed by atoms with Crippen molar-refractivity contribution >= 4 is 17.8 Å². The Kier molecular flexibility index (Phi) is 8.48. The number of hydrogen-bond acceptors (Lipinski definition) is 8. The third-order valence-corrected chi connectivity index (χ3v) is 2.96. The first-order valence-corrected chi connectivity index (χ1v) is 7.79. The highest BCUT2D eigenvalue weighted by molar-refractivity contribution is 5.95. The molecule has 1 amide bonds. The molecular formula is C15H23N3O6. The molecule has 9 heteroatoms. The Morgan fingerprint density at radius 3 is 2.62 bits per heavy atom. The lowest BCUT2D eigenvalue weighted by Gasteiger charge is -2.16. The van der Waals surface area contributed by atoms with Crippen molar-refractivity contribution in [2.75, 3.05) is 19.8 Å². The van der Waals surface area contributed by atoms with Crippen LogP contribution in [0.3, 0.4) is 0 Å². The highest BCUT2D eigenvalue weighted by Crippen LogP contribution is 2.06. The van der Waals surface area contributed by atoms with Gasteiger partial charge in [0.15, 0.2) is 11.6 Å². The number of amides is 1. The first-order chi connectivity index (χ1) is 11.5. The number of carbonyl (C=O) groups excluding carboxylic acids is 3. The fraction of sp³-hybridized carbons (Fsp3) is 0.600. The van der Waals surface area contributed by atoms with Crippen LogP contribution in [0, 0.1) is 0 Å². The Morgan fingerprint density at radius 2 is 2.00 bits per heavy atom. The summed E-state index contributed by atoms with van der Waals surface area (Å²) in [6.45, 7) is 4.09. The van der Waals surface area contributed by atoms with Gasteiger partial charge in [-0.15, -0.1) is 0 Å². The van der Waals surface area contributed by atoms with Gasteiger partial charge in [0, 0.05) is 19.4 Å². The van der Waals surface area contributed by atoms with Gasteiger partial charge in [-0.2, -0.15) is 0 Å². The second-order valence-electron chi connectivity index (χ2n) is 4.79. The first-order valence-electron chi connectivity index (χ1n) is 7.79. The minimum Gasteiger partial charge on any atom is -0.466 e. The molecule has 0 aromatic carbocycles. The van der Waals surface area contributed by atoms with Gasteiger partial charge in [-0.3, -0.25) is 9.59 Å². The molecule has 1 aromatic heterocycles. The van der Waals surface area contributed by atoms with E-state index in [-0.39, 0.29) is 31.7 Å². The quantitative estimate of drug-likeness (QED) is 0.576. The average Bonchev–Trinajstić information content (AvgIpc) is 3.01. The summed E-state index contributed by atoms with van der Waals surface area (Å²) in [7, 11) is 0. The maximum absolute atomic E-state index is 12.2. The van der Waals surface area contributed by atoms with Crippen LogP contribution < -0.4 is 11.1 Å². The van der Waals surface area contributed by atoms with Crippen molar-refractivity contribution in [3.8, 4) is 0 Å². The van der Waals surface area contributed by atoms with E-state index in [1.807, 2.05) is 0 Å². The number of aromatic nitrogens is 1. The first kappa shape index (κ1) is 19.6. The molecule has 3 N–H and O–H groups in total. The molecule has 134 valence electrons. The van der Waals surface area contributed by atoms with E-state index in [1.165, 1.54) is 6.26 Å². The van der Waals surface area contributed by atoms with E-state index in [4.69, 9.17) is 19.6 Å². The van der Waals surface area contributed by atoms with Crippen molar-refractivity contribution in [1.29, 1.82) is 0 Å². The van der Waals surface area contributed by atoms with E-state index in [2.05, 4.69) is 10.3 Å². The van der Waals surface area contributed by atoms with E-state index in [0.29, 0.717) is 18.9 Å². The average molecular weight is 341 g/mol. The molecule has 1 heterocycles. The van der Waals surface area contributed by atoms with Crippen LogP contribution in [-0.4, -0.2) is 48.6 Å². The monoisotopic (exact) mass is 341 g/mol. The van der Waals surface area contributed by atoms with Gasteiger partial charge in [-0.05, 0) is 20.3 Å². The summed E-state index contributed by atoms with van der Waals surface area (Å²) >= 11 is 0. The highest BCUT2D eigenvalue weighted by Gasteiger charge is 2.25. The molecule has 1 aromatic rings. The Morgan fingerprint density at radius 1 is 1.29 bits per heavy atom. The maximum Gasteiger partial charge on any atom is 0.328 e. The molecule has 1 atom stereocenters. The molecule has 0 aliphatic carbocycles. The van der Waals surface area contributed by atoms with Crippen molar-refractivity contribution in [1.82, 2.24) is 10.3 Å². The van der Waals surface area contributed by atoms with Crippen molar-refractivity contribution < 1.29 is 28.3 Å². The second kappa shape index (κ2) is 10.4. The summed E-state index contributed by atoms with van der Waals surface area (Å²) in [5.74, 6) is -1.33. The number of esters is 2. The van der Waals surface area contributed by atoms with Crippen molar-refractivity contribution in [2.24, 2.45) is 5.73 Å². The molecule has 0 spiro atoms. The topological polar surface area (TPSA) is 134 Å². The predicted molar refractivity (Wildman–Crippen MR) is 83.0 cm³/mol. The highest BCUT2D eigenvalue weighted by atomic mass is 16.5. The number of ether oxygens (including phenoxy) is 2. The standard InChI is InChI=1S/C15H23N3O6/c1-3-22-13(19)6-5-10(15(21)23-4-2)18-14(20)11-9-24-12(17-11)7-8-16/h9-10H,3-8,16H2,1-2H3,(H,18,20). The minimum atomic E-state index is -0.975. The van der Waals surface area contributed by atoms with Gasteiger partial charge in [0.25, 0.3) is 5.91 Å². The van der Waals surface area contributed by atoms with Gasteiger partial charge in [0.1, 0.15) is 12.3 Å². The van der Waals surface area contributed by atoms with Crippen LogP contribution in [0.5, 0.6) is 0 Å². The lowest BCUT2D eigenvalue weighted by atomic mass is 10.1. The van der Waals surface area contributed by atoms with Gasteiger partial charge in [0.2, 0.25) is 0 Å². The van der Waals surface area contributed by atoms with Crippen molar-refractivity contribution in [2.45, 2.75) is 39.2 Å². The zero-order valence-corrected chi connectivity index (χ0v) is 13.9. The zero-order valence-electron chi connectivity index (χ0n) is 13.9. The molecule has 1 unspecified atom stereocenters. The molecule has 0 bridgehead atoms. The summed E-state index contributed by atoms with van der Waals surface area (Å²) in [5, 5.41) is 2.50. The van der Waals surface area contributed by atoms with E-state index in [0.717, 1.165) is 0 Å². The van der Waals surface area contributed by atoms with Gasteiger partial charge in [0.05, 0.1) is 13.2 Å². The largest absolute Gasteiger partial charge is 0.466 e. The summed E-state index contributed by atoms with van der Waals surface area (Å²) in [6.07, 6.45) is 1.64. The molecule has 0 aliphatic rings. The molecule has 0 aliphatic heterocycles. The van der Waals surface area contributed by atoms with Crippen molar-refractivity contribution in [3.63, 3.8) is 0 Å². The Hall–Kier alpha value is -2.42. The fourth-order valence-corrected chi connectivity index (χ4v) is 1.87. The molecule has 9 nitrogen and oxygen atoms in total. The molecular weight excluding hydrogens is 318 g/mol. The second-order valence-corrected chi connectivity index (χ2v) is 4.79. The summed E-state index contributed by atoms with van der Waals surface area (Å²) < 4.78 is 14.8.